The van der Waals surface area contributed by atoms with E-state index in [0.29, 0.717) is 13.0 Å². The van der Waals surface area contributed by atoms with E-state index in [0.717, 1.165) is 11.6 Å². The minimum absolute atomic E-state index is 0.0535. The molecule has 2 N–H and O–H groups in total. The van der Waals surface area contributed by atoms with Crippen molar-refractivity contribution in [2.24, 2.45) is 0 Å². The van der Waals surface area contributed by atoms with E-state index < -0.39 is 20.7 Å². The molecule has 6 heteroatoms. The zero-order valence-corrected chi connectivity index (χ0v) is 10.9. The van der Waals surface area contributed by atoms with E-state index in [-0.39, 0.29) is 12.2 Å². The van der Waals surface area contributed by atoms with Gasteiger partial charge in [0.05, 0.1) is 5.69 Å². The Kier molecular flexibility index (Phi) is 3.41. The van der Waals surface area contributed by atoms with Gasteiger partial charge in [0.1, 0.15) is 10.7 Å². The molecule has 1 aromatic carbocycles. The van der Waals surface area contributed by atoms with Gasteiger partial charge in [-0.2, -0.15) is 4.31 Å². The maximum absolute atomic E-state index is 13.7. The first-order chi connectivity index (χ1) is 8.43. The highest BCUT2D eigenvalue weighted by Crippen LogP contribution is 2.27. The molecule has 0 aromatic heterocycles. The predicted octanol–water partition coefficient (Wildman–Crippen LogP) is 1.75. The summed E-state index contributed by atoms with van der Waals surface area (Å²) in [6, 6.07) is 3.89. The molecule has 0 atom stereocenters. The number of sulfonamides is 1. The lowest BCUT2D eigenvalue weighted by Crippen LogP contribution is -2.36. The molecule has 0 saturated carbocycles. The van der Waals surface area contributed by atoms with Crippen LogP contribution in [0.1, 0.15) is 13.3 Å². The van der Waals surface area contributed by atoms with Crippen LogP contribution < -0.4 is 5.73 Å². The normalized spacial score (nSPS) is 17.6. The number of nitrogens with two attached hydrogens (primary N) is 1. The Bertz CT molecular complexity index is 576. The molecular weight excluding hydrogens is 255 g/mol. The quantitative estimate of drug-likeness (QED) is 0.658. The van der Waals surface area contributed by atoms with Gasteiger partial charge in [0.25, 0.3) is 0 Å². The summed E-state index contributed by atoms with van der Waals surface area (Å²) in [5.41, 5.74) is 6.49. The Morgan fingerprint density at radius 3 is 2.72 bits per heavy atom. The molecule has 1 aromatic rings. The van der Waals surface area contributed by atoms with Crippen molar-refractivity contribution in [2.45, 2.75) is 18.2 Å². The molecule has 0 saturated heterocycles. The van der Waals surface area contributed by atoms with Crippen molar-refractivity contribution in [1.29, 1.82) is 0 Å². The van der Waals surface area contributed by atoms with E-state index in [2.05, 4.69) is 0 Å². The largest absolute Gasteiger partial charge is 0.398 e. The van der Waals surface area contributed by atoms with Crippen LogP contribution in [0.2, 0.25) is 0 Å². The van der Waals surface area contributed by atoms with Crippen LogP contribution in [0.5, 0.6) is 0 Å². The van der Waals surface area contributed by atoms with Crippen LogP contribution in [0.15, 0.2) is 34.7 Å². The summed E-state index contributed by atoms with van der Waals surface area (Å²) >= 11 is 0. The highest BCUT2D eigenvalue weighted by Gasteiger charge is 2.30. The number of hydrogen-bond donors (Lipinski definition) is 1. The minimum Gasteiger partial charge on any atom is -0.398 e. The highest BCUT2D eigenvalue weighted by molar-refractivity contribution is 7.89. The number of rotatable bonds is 2. The van der Waals surface area contributed by atoms with Crippen molar-refractivity contribution < 1.29 is 12.8 Å². The maximum atomic E-state index is 13.7. The average molecular weight is 270 g/mol. The van der Waals surface area contributed by atoms with Gasteiger partial charge in [-0.25, -0.2) is 12.8 Å². The molecule has 4 nitrogen and oxygen atoms in total. The number of nitrogens with zero attached hydrogens (tertiary/aromatic N) is 1. The predicted molar refractivity (Wildman–Crippen MR) is 67.9 cm³/mol. The molecule has 0 unspecified atom stereocenters. The van der Waals surface area contributed by atoms with Gasteiger partial charge < -0.3 is 5.73 Å². The molecule has 98 valence electrons. The van der Waals surface area contributed by atoms with Gasteiger partial charge in [0, 0.05) is 13.1 Å². The Hall–Kier alpha value is -1.40. The molecule has 0 aliphatic carbocycles. The van der Waals surface area contributed by atoms with E-state index in [1.165, 1.54) is 16.4 Å². The first-order valence-electron chi connectivity index (χ1n) is 5.62. The third-order valence-electron chi connectivity index (χ3n) is 2.89. The molecular formula is C12H15FN2O2S. The molecule has 0 bridgehead atoms. The van der Waals surface area contributed by atoms with E-state index in [4.69, 9.17) is 5.73 Å². The highest BCUT2D eigenvalue weighted by atomic mass is 32.2. The SMILES string of the molecule is CC1=CCCN(S(=O)(=O)c2c(N)cccc2F)C1. The molecule has 0 amide bonds. The van der Waals surface area contributed by atoms with Crippen LogP contribution in [0, 0.1) is 5.82 Å². The summed E-state index contributed by atoms with van der Waals surface area (Å²) < 4.78 is 39.7. The van der Waals surface area contributed by atoms with E-state index >= 15 is 0 Å². The van der Waals surface area contributed by atoms with Crippen LogP contribution in [0.3, 0.4) is 0 Å². The lowest BCUT2D eigenvalue weighted by atomic mass is 10.2. The summed E-state index contributed by atoms with van der Waals surface area (Å²) in [7, 11) is -3.86. The molecule has 0 fully saturated rings. The van der Waals surface area contributed by atoms with Crippen LogP contribution >= 0.6 is 0 Å². The fourth-order valence-corrected chi connectivity index (χ4v) is 3.67. The van der Waals surface area contributed by atoms with Gasteiger partial charge in [0.15, 0.2) is 0 Å². The van der Waals surface area contributed by atoms with Crippen molar-refractivity contribution in [3.63, 3.8) is 0 Å². The van der Waals surface area contributed by atoms with Crippen LogP contribution in [-0.2, 0) is 10.0 Å². The number of halogens is 1. The lowest BCUT2D eigenvalue weighted by molar-refractivity contribution is 0.424. The zero-order valence-electron chi connectivity index (χ0n) is 10.1. The average Bonchev–Trinajstić information content (AvgIpc) is 2.28. The van der Waals surface area contributed by atoms with E-state index in [1.54, 1.807) is 0 Å². The summed E-state index contributed by atoms with van der Waals surface area (Å²) in [4.78, 5) is -0.417. The second kappa shape index (κ2) is 4.70. The number of hydrogen-bond acceptors (Lipinski definition) is 3. The monoisotopic (exact) mass is 270 g/mol. The Labute approximate surface area is 106 Å². The zero-order chi connectivity index (χ0) is 13.3. The van der Waals surface area contributed by atoms with Crippen LogP contribution in [0.25, 0.3) is 0 Å². The van der Waals surface area contributed by atoms with Crippen LogP contribution in [-0.4, -0.2) is 25.8 Å². The molecule has 1 aliphatic heterocycles. The van der Waals surface area contributed by atoms with Crippen molar-refractivity contribution in [3.8, 4) is 0 Å². The van der Waals surface area contributed by atoms with Crippen molar-refractivity contribution >= 4 is 15.7 Å². The van der Waals surface area contributed by atoms with Gasteiger partial charge in [-0.1, -0.05) is 17.7 Å². The minimum atomic E-state index is -3.86. The molecule has 0 radical (unpaired) electrons. The van der Waals surface area contributed by atoms with Gasteiger partial charge in [-0.15, -0.1) is 0 Å². The second-order valence-electron chi connectivity index (χ2n) is 4.34. The van der Waals surface area contributed by atoms with E-state index in [1.807, 2.05) is 13.0 Å². The summed E-state index contributed by atoms with van der Waals surface area (Å²) in [6.07, 6.45) is 2.62. The van der Waals surface area contributed by atoms with Gasteiger partial charge in [-0.05, 0) is 25.5 Å². The molecule has 0 spiro atoms. The van der Waals surface area contributed by atoms with E-state index in [9.17, 15) is 12.8 Å². The first kappa shape index (κ1) is 13.0. The third kappa shape index (κ3) is 2.26. The van der Waals surface area contributed by atoms with Crippen molar-refractivity contribution in [2.75, 3.05) is 18.8 Å². The Balaban J connectivity index is 2.46. The van der Waals surface area contributed by atoms with Crippen molar-refractivity contribution in [1.82, 2.24) is 4.31 Å². The fourth-order valence-electron chi connectivity index (χ4n) is 2.01. The summed E-state index contributed by atoms with van der Waals surface area (Å²) in [5, 5.41) is 0. The Morgan fingerprint density at radius 2 is 2.11 bits per heavy atom. The Morgan fingerprint density at radius 1 is 1.39 bits per heavy atom. The topological polar surface area (TPSA) is 63.4 Å². The van der Waals surface area contributed by atoms with Crippen molar-refractivity contribution in [3.05, 3.63) is 35.7 Å². The van der Waals surface area contributed by atoms with Gasteiger partial charge in [0.2, 0.25) is 10.0 Å². The summed E-state index contributed by atoms with van der Waals surface area (Å²) in [6.45, 7) is 2.50. The smallest absolute Gasteiger partial charge is 0.248 e. The lowest BCUT2D eigenvalue weighted by Gasteiger charge is -2.26. The van der Waals surface area contributed by atoms with Gasteiger partial charge >= 0.3 is 0 Å². The van der Waals surface area contributed by atoms with Crippen LogP contribution in [0.4, 0.5) is 10.1 Å². The second-order valence-corrected chi connectivity index (χ2v) is 6.21. The first-order valence-corrected chi connectivity index (χ1v) is 7.06. The molecule has 18 heavy (non-hydrogen) atoms. The fraction of sp³-hybridized carbons (Fsp3) is 0.333. The van der Waals surface area contributed by atoms with Gasteiger partial charge in [-0.3, -0.25) is 0 Å². The standard InChI is InChI=1S/C12H15FN2O2S/c1-9-4-3-7-15(8-9)18(16,17)12-10(13)5-2-6-11(12)14/h2,4-6H,3,7-8,14H2,1H3. The summed E-state index contributed by atoms with van der Waals surface area (Å²) in [5.74, 6) is -0.804. The molecule has 1 aliphatic rings. The molecule has 2 rings (SSSR count). The third-order valence-corrected chi connectivity index (χ3v) is 4.83. The maximum Gasteiger partial charge on any atom is 0.248 e. The number of benzene rings is 1. The molecule has 1 heterocycles. The number of anilines is 1. The number of nitrogen functional groups attached to an aromatic ring is 1.